The van der Waals surface area contributed by atoms with Gasteiger partial charge in [0.1, 0.15) is 0 Å². The number of nitrogens with one attached hydrogen (secondary N) is 1. The lowest BCUT2D eigenvalue weighted by atomic mass is 9.90. The molecule has 18 heavy (non-hydrogen) atoms. The summed E-state index contributed by atoms with van der Waals surface area (Å²) in [6, 6.07) is 7.55. The molecule has 1 atom stereocenters. The lowest BCUT2D eigenvalue weighted by Gasteiger charge is -2.31. The van der Waals surface area contributed by atoms with Gasteiger partial charge in [0.15, 0.2) is 0 Å². The van der Waals surface area contributed by atoms with Gasteiger partial charge in [0.25, 0.3) is 5.91 Å². The molecule has 0 aliphatic carbocycles. The van der Waals surface area contributed by atoms with Crippen LogP contribution < -0.4 is 11.1 Å². The van der Waals surface area contributed by atoms with E-state index in [1.807, 2.05) is 31.2 Å². The summed E-state index contributed by atoms with van der Waals surface area (Å²) >= 11 is 2.20. The highest BCUT2D eigenvalue weighted by Crippen LogP contribution is 2.16. The SMILES string of the molecule is CC(C)CC(C)(CN)NC(=O)c1cccc(I)c1. The second kappa shape index (κ2) is 6.52. The number of nitrogens with two attached hydrogens (primary N) is 1. The van der Waals surface area contributed by atoms with E-state index in [2.05, 4.69) is 41.8 Å². The highest BCUT2D eigenvalue weighted by atomic mass is 127. The highest BCUT2D eigenvalue weighted by Gasteiger charge is 2.26. The molecule has 1 aromatic rings. The van der Waals surface area contributed by atoms with E-state index in [1.165, 1.54) is 0 Å². The number of amides is 1. The van der Waals surface area contributed by atoms with E-state index in [-0.39, 0.29) is 11.4 Å². The smallest absolute Gasteiger partial charge is 0.251 e. The third-order valence-corrected chi connectivity index (χ3v) is 3.48. The number of carbonyl (C=O) groups is 1. The molecule has 0 aliphatic heterocycles. The fraction of sp³-hybridized carbons (Fsp3) is 0.500. The Bertz CT molecular complexity index is 420. The topological polar surface area (TPSA) is 55.1 Å². The Morgan fingerprint density at radius 3 is 2.67 bits per heavy atom. The molecule has 1 unspecified atom stereocenters. The van der Waals surface area contributed by atoms with Crippen molar-refractivity contribution in [1.29, 1.82) is 0 Å². The first kappa shape index (κ1) is 15.4. The van der Waals surface area contributed by atoms with Gasteiger partial charge in [-0.3, -0.25) is 4.79 Å². The Morgan fingerprint density at radius 2 is 2.17 bits per heavy atom. The number of hydrogen-bond donors (Lipinski definition) is 2. The van der Waals surface area contributed by atoms with Crippen LogP contribution in [0.2, 0.25) is 0 Å². The Hall–Kier alpha value is -0.620. The minimum atomic E-state index is -0.341. The normalized spacial score (nSPS) is 14.3. The molecule has 0 bridgehead atoms. The first-order valence-electron chi connectivity index (χ1n) is 6.14. The van der Waals surface area contributed by atoms with Crippen LogP contribution in [0.4, 0.5) is 0 Å². The Balaban J connectivity index is 2.79. The number of benzene rings is 1. The molecule has 4 heteroatoms. The van der Waals surface area contributed by atoms with E-state index in [9.17, 15) is 4.79 Å². The zero-order chi connectivity index (χ0) is 13.8. The predicted molar refractivity (Wildman–Crippen MR) is 83.5 cm³/mol. The molecule has 0 saturated heterocycles. The van der Waals surface area contributed by atoms with Crippen molar-refractivity contribution in [3.8, 4) is 0 Å². The molecular weight excluding hydrogens is 339 g/mol. The fourth-order valence-electron chi connectivity index (χ4n) is 2.06. The molecule has 1 amide bonds. The lowest BCUT2D eigenvalue weighted by Crippen LogP contribution is -2.52. The average Bonchev–Trinajstić information content (AvgIpc) is 2.27. The summed E-state index contributed by atoms with van der Waals surface area (Å²) in [5.74, 6) is 0.442. The third-order valence-electron chi connectivity index (χ3n) is 2.81. The zero-order valence-corrected chi connectivity index (χ0v) is 13.3. The summed E-state index contributed by atoms with van der Waals surface area (Å²) in [6.07, 6.45) is 0.874. The van der Waals surface area contributed by atoms with Crippen molar-refractivity contribution in [2.75, 3.05) is 6.54 Å². The highest BCUT2D eigenvalue weighted by molar-refractivity contribution is 14.1. The van der Waals surface area contributed by atoms with E-state index in [0.29, 0.717) is 18.0 Å². The lowest BCUT2D eigenvalue weighted by molar-refractivity contribution is 0.0898. The van der Waals surface area contributed by atoms with Gasteiger partial charge in [-0.25, -0.2) is 0 Å². The minimum absolute atomic E-state index is 0.0536. The largest absolute Gasteiger partial charge is 0.346 e. The van der Waals surface area contributed by atoms with Gasteiger partial charge in [-0.2, -0.15) is 0 Å². The predicted octanol–water partition coefficient (Wildman–Crippen LogP) is 2.78. The maximum absolute atomic E-state index is 12.2. The minimum Gasteiger partial charge on any atom is -0.346 e. The van der Waals surface area contributed by atoms with Crippen molar-refractivity contribution in [1.82, 2.24) is 5.32 Å². The molecular formula is C14H21IN2O. The standard InChI is InChI=1S/C14H21IN2O/c1-10(2)8-14(3,9-16)17-13(18)11-5-4-6-12(15)7-11/h4-7,10H,8-9,16H2,1-3H3,(H,17,18). The van der Waals surface area contributed by atoms with E-state index < -0.39 is 0 Å². The molecule has 1 rings (SSSR count). The van der Waals surface area contributed by atoms with Crippen LogP contribution in [0.15, 0.2) is 24.3 Å². The first-order chi connectivity index (χ1) is 8.36. The Labute approximate surface area is 123 Å². The van der Waals surface area contributed by atoms with E-state index in [4.69, 9.17) is 5.73 Å². The Kier molecular flexibility index (Phi) is 5.59. The summed E-state index contributed by atoms with van der Waals surface area (Å²) < 4.78 is 1.05. The van der Waals surface area contributed by atoms with Crippen LogP contribution in [0.5, 0.6) is 0 Å². The van der Waals surface area contributed by atoms with Crippen molar-refractivity contribution in [3.63, 3.8) is 0 Å². The first-order valence-corrected chi connectivity index (χ1v) is 7.22. The molecule has 3 N–H and O–H groups in total. The van der Waals surface area contributed by atoms with Crippen LogP contribution in [0.1, 0.15) is 37.6 Å². The van der Waals surface area contributed by atoms with Crippen molar-refractivity contribution in [3.05, 3.63) is 33.4 Å². The molecule has 3 nitrogen and oxygen atoms in total. The quantitative estimate of drug-likeness (QED) is 0.794. The summed E-state index contributed by atoms with van der Waals surface area (Å²) in [6.45, 7) is 6.71. The van der Waals surface area contributed by atoms with Crippen molar-refractivity contribution in [2.45, 2.75) is 32.7 Å². The molecule has 0 spiro atoms. The molecule has 100 valence electrons. The van der Waals surface area contributed by atoms with Crippen molar-refractivity contribution >= 4 is 28.5 Å². The summed E-state index contributed by atoms with van der Waals surface area (Å²) in [5, 5.41) is 3.05. The van der Waals surface area contributed by atoms with Gasteiger partial charge in [-0.1, -0.05) is 19.9 Å². The van der Waals surface area contributed by atoms with Crippen molar-refractivity contribution < 1.29 is 4.79 Å². The number of rotatable bonds is 5. The summed E-state index contributed by atoms with van der Waals surface area (Å²) in [7, 11) is 0. The van der Waals surface area contributed by atoms with Gasteiger partial charge in [0.05, 0.1) is 0 Å². The van der Waals surface area contributed by atoms with E-state index >= 15 is 0 Å². The van der Waals surface area contributed by atoms with E-state index in [0.717, 1.165) is 9.99 Å². The number of hydrogen-bond acceptors (Lipinski definition) is 2. The molecule has 0 saturated carbocycles. The van der Waals surface area contributed by atoms with Gasteiger partial charge >= 0.3 is 0 Å². The molecule has 0 aliphatic rings. The molecule has 0 fully saturated rings. The van der Waals surface area contributed by atoms with Crippen LogP contribution in [-0.2, 0) is 0 Å². The van der Waals surface area contributed by atoms with Gasteiger partial charge in [-0.15, -0.1) is 0 Å². The monoisotopic (exact) mass is 360 g/mol. The average molecular weight is 360 g/mol. The fourth-order valence-corrected chi connectivity index (χ4v) is 2.61. The number of carbonyl (C=O) groups excluding carboxylic acids is 1. The molecule has 0 heterocycles. The van der Waals surface area contributed by atoms with Gasteiger partial charge < -0.3 is 11.1 Å². The van der Waals surface area contributed by atoms with Gasteiger partial charge in [0, 0.05) is 21.2 Å². The maximum Gasteiger partial charge on any atom is 0.251 e. The summed E-state index contributed by atoms with van der Waals surface area (Å²) in [5.41, 5.74) is 6.14. The van der Waals surface area contributed by atoms with Gasteiger partial charge in [-0.05, 0) is 60.1 Å². The maximum atomic E-state index is 12.2. The number of halogens is 1. The third kappa shape index (κ3) is 4.57. The van der Waals surface area contributed by atoms with Gasteiger partial charge in [0.2, 0.25) is 0 Å². The second-order valence-electron chi connectivity index (χ2n) is 5.33. The molecule has 1 aromatic carbocycles. The van der Waals surface area contributed by atoms with Crippen LogP contribution in [0, 0.1) is 9.49 Å². The molecule has 0 aromatic heterocycles. The second-order valence-corrected chi connectivity index (χ2v) is 6.57. The van der Waals surface area contributed by atoms with Crippen LogP contribution >= 0.6 is 22.6 Å². The van der Waals surface area contributed by atoms with E-state index in [1.54, 1.807) is 0 Å². The Morgan fingerprint density at radius 1 is 1.50 bits per heavy atom. The van der Waals surface area contributed by atoms with Crippen LogP contribution in [0.25, 0.3) is 0 Å². The zero-order valence-electron chi connectivity index (χ0n) is 11.2. The van der Waals surface area contributed by atoms with Crippen LogP contribution in [-0.4, -0.2) is 18.0 Å². The summed E-state index contributed by atoms with van der Waals surface area (Å²) in [4.78, 5) is 12.2. The molecule has 0 radical (unpaired) electrons. The van der Waals surface area contributed by atoms with Crippen molar-refractivity contribution in [2.24, 2.45) is 11.7 Å². The van der Waals surface area contributed by atoms with Crippen LogP contribution in [0.3, 0.4) is 0 Å².